The number of rotatable bonds is 5. The number of carbonyl (C=O) groups excluding carboxylic acids is 1. The van der Waals surface area contributed by atoms with Crippen LogP contribution < -0.4 is 16.0 Å². The molecule has 2 heterocycles. The first-order valence-corrected chi connectivity index (χ1v) is 9.56. The van der Waals surface area contributed by atoms with E-state index in [4.69, 9.17) is 4.42 Å². The summed E-state index contributed by atoms with van der Waals surface area (Å²) in [5.41, 5.74) is 3.75. The number of fused-ring (bicyclic) bond motifs is 1. The van der Waals surface area contributed by atoms with E-state index < -0.39 is 0 Å². The highest BCUT2D eigenvalue weighted by molar-refractivity contribution is 5.94. The fourth-order valence-electron chi connectivity index (χ4n) is 3.40. The van der Waals surface area contributed by atoms with Crippen LogP contribution in [0.1, 0.15) is 23.6 Å². The van der Waals surface area contributed by atoms with E-state index in [0.717, 1.165) is 22.5 Å². The van der Waals surface area contributed by atoms with Crippen molar-refractivity contribution in [2.45, 2.75) is 18.9 Å². The van der Waals surface area contributed by atoms with E-state index in [1.807, 2.05) is 48.5 Å². The third-order valence-electron chi connectivity index (χ3n) is 4.86. The van der Waals surface area contributed by atoms with Crippen LogP contribution in [-0.2, 0) is 11.3 Å². The molecule has 2 aromatic carbocycles. The molecule has 3 N–H and O–H groups in total. The van der Waals surface area contributed by atoms with E-state index in [-0.39, 0.29) is 11.8 Å². The summed E-state index contributed by atoms with van der Waals surface area (Å²) < 4.78 is 5.57. The molecule has 1 atom stereocenters. The van der Waals surface area contributed by atoms with Crippen molar-refractivity contribution in [1.82, 2.24) is 15.6 Å². The number of aromatic nitrogens is 1. The molecule has 1 unspecified atom stereocenters. The molecule has 7 heteroatoms. The fourth-order valence-corrected chi connectivity index (χ4v) is 3.40. The molecule has 148 valence electrons. The lowest BCUT2D eigenvalue weighted by Crippen LogP contribution is -2.40. The maximum atomic E-state index is 12.0. The van der Waals surface area contributed by atoms with E-state index in [1.165, 1.54) is 0 Å². The molecule has 3 aromatic rings. The van der Waals surface area contributed by atoms with Crippen molar-refractivity contribution in [2.75, 3.05) is 18.9 Å². The van der Waals surface area contributed by atoms with Gasteiger partial charge in [0.05, 0.1) is 12.2 Å². The molecule has 0 spiro atoms. The van der Waals surface area contributed by atoms with Crippen LogP contribution in [0.25, 0.3) is 11.5 Å². The fraction of sp³-hybridized carbons (Fsp3) is 0.227. The van der Waals surface area contributed by atoms with Crippen molar-refractivity contribution < 1.29 is 9.21 Å². The van der Waals surface area contributed by atoms with E-state index in [2.05, 4.69) is 32.0 Å². The molecule has 0 saturated carbocycles. The van der Waals surface area contributed by atoms with Crippen LogP contribution in [0.3, 0.4) is 0 Å². The van der Waals surface area contributed by atoms with E-state index in [9.17, 15) is 4.79 Å². The Morgan fingerprint density at radius 2 is 1.97 bits per heavy atom. The number of nitrogens with zero attached hydrogens (tertiary/aromatic N) is 2. The van der Waals surface area contributed by atoms with Crippen molar-refractivity contribution in [3.8, 4) is 11.5 Å². The number of nitrogens with one attached hydrogen (secondary N) is 3. The minimum atomic E-state index is 0.0366. The number of hydrogen-bond acceptors (Lipinski definition) is 4. The number of benzene rings is 2. The first-order valence-electron chi connectivity index (χ1n) is 9.56. The predicted octanol–water partition coefficient (Wildman–Crippen LogP) is 3.13. The Kier molecular flexibility index (Phi) is 5.56. The molecule has 1 aliphatic rings. The van der Waals surface area contributed by atoms with E-state index >= 15 is 0 Å². The highest BCUT2D eigenvalue weighted by atomic mass is 16.3. The number of oxazole rings is 1. The zero-order valence-corrected chi connectivity index (χ0v) is 16.2. The third kappa shape index (κ3) is 4.45. The molecule has 7 nitrogen and oxygen atoms in total. The number of guanidine groups is 1. The van der Waals surface area contributed by atoms with Gasteiger partial charge < -0.3 is 20.4 Å². The monoisotopic (exact) mass is 389 g/mol. The van der Waals surface area contributed by atoms with Crippen LogP contribution in [0.2, 0.25) is 0 Å². The molecule has 1 amide bonds. The van der Waals surface area contributed by atoms with E-state index in [1.54, 1.807) is 13.3 Å². The predicted molar refractivity (Wildman–Crippen MR) is 113 cm³/mol. The van der Waals surface area contributed by atoms with Crippen LogP contribution in [0.4, 0.5) is 5.69 Å². The van der Waals surface area contributed by atoms with Crippen LogP contribution in [0, 0.1) is 0 Å². The second-order valence-corrected chi connectivity index (χ2v) is 6.85. The smallest absolute Gasteiger partial charge is 0.226 e. The van der Waals surface area contributed by atoms with Crippen LogP contribution in [0.15, 0.2) is 70.3 Å². The number of hydrogen-bond donors (Lipinski definition) is 3. The maximum Gasteiger partial charge on any atom is 0.226 e. The maximum absolute atomic E-state index is 12.0. The molecule has 0 saturated heterocycles. The minimum absolute atomic E-state index is 0.0366. The van der Waals surface area contributed by atoms with Crippen molar-refractivity contribution in [2.24, 2.45) is 4.99 Å². The molecular formula is C22H23N5O2. The third-order valence-corrected chi connectivity index (χ3v) is 4.86. The largest absolute Gasteiger partial charge is 0.444 e. The van der Waals surface area contributed by atoms with Gasteiger partial charge in [-0.25, -0.2) is 4.98 Å². The van der Waals surface area contributed by atoms with Gasteiger partial charge in [0.25, 0.3) is 0 Å². The average molecular weight is 389 g/mol. The van der Waals surface area contributed by atoms with E-state index in [0.29, 0.717) is 31.4 Å². The summed E-state index contributed by atoms with van der Waals surface area (Å²) in [6.45, 7) is 1.09. The van der Waals surface area contributed by atoms with Gasteiger partial charge in [-0.2, -0.15) is 0 Å². The van der Waals surface area contributed by atoms with Gasteiger partial charge in [0.15, 0.2) is 5.96 Å². The van der Waals surface area contributed by atoms with Gasteiger partial charge in [0, 0.05) is 37.2 Å². The number of carbonyl (C=O) groups is 1. The summed E-state index contributed by atoms with van der Waals surface area (Å²) in [6.07, 6.45) is 2.09. The Bertz CT molecular complexity index is 1010. The highest BCUT2D eigenvalue weighted by Gasteiger charge is 2.24. The molecule has 1 aliphatic heterocycles. The standard InChI is InChI=1S/C22H23N5O2/c1-23-22(24-12-16-11-20(28)27-19-10-6-5-9-18(16)19)25-13-17-14-29-21(26-17)15-7-3-2-4-8-15/h2-10,14,16H,11-13H2,1H3,(H,27,28)(H2,23,24,25). The molecule has 0 fully saturated rings. The topological polar surface area (TPSA) is 91.6 Å². The quantitative estimate of drug-likeness (QED) is 0.461. The van der Waals surface area contributed by atoms with Crippen molar-refractivity contribution in [3.63, 3.8) is 0 Å². The molecule has 0 aliphatic carbocycles. The van der Waals surface area contributed by atoms with Crippen LogP contribution in [-0.4, -0.2) is 30.4 Å². The normalized spacial score (nSPS) is 16.1. The van der Waals surface area contributed by atoms with Crippen LogP contribution in [0.5, 0.6) is 0 Å². The van der Waals surface area contributed by atoms with Gasteiger partial charge in [-0.1, -0.05) is 36.4 Å². The minimum Gasteiger partial charge on any atom is -0.444 e. The molecule has 0 radical (unpaired) electrons. The summed E-state index contributed by atoms with van der Waals surface area (Å²) in [5, 5.41) is 9.47. The van der Waals surface area contributed by atoms with Crippen LogP contribution >= 0.6 is 0 Å². The molecular weight excluding hydrogens is 366 g/mol. The lowest BCUT2D eigenvalue weighted by atomic mass is 9.90. The zero-order chi connectivity index (χ0) is 20.1. The highest BCUT2D eigenvalue weighted by Crippen LogP contribution is 2.31. The summed E-state index contributed by atoms with van der Waals surface area (Å²) in [5.74, 6) is 1.37. The van der Waals surface area contributed by atoms with Crippen molar-refractivity contribution in [3.05, 3.63) is 72.1 Å². The zero-order valence-electron chi connectivity index (χ0n) is 16.2. The number of amides is 1. The Morgan fingerprint density at radius 1 is 1.17 bits per heavy atom. The van der Waals surface area contributed by atoms with Gasteiger partial charge in [-0.3, -0.25) is 9.79 Å². The van der Waals surface area contributed by atoms with Gasteiger partial charge in [-0.05, 0) is 23.8 Å². The van der Waals surface area contributed by atoms with Crippen molar-refractivity contribution in [1.29, 1.82) is 0 Å². The first kappa shape index (κ1) is 18.7. The first-order chi connectivity index (χ1) is 14.2. The Hall–Kier alpha value is -3.61. The Labute approximate surface area is 169 Å². The molecule has 0 bridgehead atoms. The lowest BCUT2D eigenvalue weighted by Gasteiger charge is -2.26. The lowest BCUT2D eigenvalue weighted by molar-refractivity contribution is -0.116. The van der Waals surface area contributed by atoms with Gasteiger partial charge in [-0.15, -0.1) is 0 Å². The second-order valence-electron chi connectivity index (χ2n) is 6.85. The summed E-state index contributed by atoms with van der Waals surface area (Å²) in [6, 6.07) is 17.7. The molecule has 29 heavy (non-hydrogen) atoms. The summed E-state index contributed by atoms with van der Waals surface area (Å²) >= 11 is 0. The Morgan fingerprint density at radius 3 is 2.79 bits per heavy atom. The summed E-state index contributed by atoms with van der Waals surface area (Å²) in [4.78, 5) is 20.8. The average Bonchev–Trinajstić information content (AvgIpc) is 3.23. The molecule has 1 aromatic heterocycles. The second kappa shape index (κ2) is 8.60. The van der Waals surface area contributed by atoms with Gasteiger partial charge in [0.1, 0.15) is 6.26 Å². The SMILES string of the molecule is CN=C(NCc1coc(-c2ccccc2)n1)NCC1CC(=O)Nc2ccccc21. The number of aliphatic imine (C=N–C) groups is 1. The van der Waals surface area contributed by atoms with Crippen molar-refractivity contribution >= 4 is 17.6 Å². The number of anilines is 1. The van der Waals surface area contributed by atoms with Gasteiger partial charge in [0.2, 0.25) is 11.8 Å². The molecule has 4 rings (SSSR count). The summed E-state index contributed by atoms with van der Waals surface area (Å²) in [7, 11) is 1.72. The van der Waals surface area contributed by atoms with Gasteiger partial charge >= 0.3 is 0 Å². The Balaban J connectivity index is 1.34. The number of para-hydroxylation sites is 1.